The quantitative estimate of drug-likeness (QED) is 0.818. The standard InChI is InChI=1S/C13H19NO/c1-13(8-5-9-14-13)12-7-4-3-6-11(12)10-15-2/h3-4,6-7,14H,5,8-10H2,1-2H3. The molecule has 1 aliphatic heterocycles. The van der Waals surface area contributed by atoms with Gasteiger partial charge >= 0.3 is 0 Å². The third kappa shape index (κ3) is 2.06. The zero-order valence-corrected chi connectivity index (χ0v) is 9.55. The lowest BCUT2D eigenvalue weighted by atomic mass is 9.87. The van der Waals surface area contributed by atoms with Gasteiger partial charge < -0.3 is 10.1 Å². The van der Waals surface area contributed by atoms with Crippen LogP contribution in [0.5, 0.6) is 0 Å². The van der Waals surface area contributed by atoms with Gasteiger partial charge in [-0.3, -0.25) is 0 Å². The van der Waals surface area contributed by atoms with Crippen molar-refractivity contribution in [1.82, 2.24) is 5.32 Å². The Morgan fingerprint density at radius 2 is 2.20 bits per heavy atom. The van der Waals surface area contributed by atoms with Crippen molar-refractivity contribution in [3.63, 3.8) is 0 Å². The Morgan fingerprint density at radius 1 is 1.40 bits per heavy atom. The zero-order chi connectivity index (χ0) is 10.7. The molecule has 0 radical (unpaired) electrons. The third-order valence-corrected chi connectivity index (χ3v) is 3.28. The summed E-state index contributed by atoms with van der Waals surface area (Å²) in [4.78, 5) is 0. The number of hydrogen-bond acceptors (Lipinski definition) is 2. The maximum atomic E-state index is 5.25. The van der Waals surface area contributed by atoms with Crippen molar-refractivity contribution in [2.24, 2.45) is 0 Å². The molecule has 1 N–H and O–H groups in total. The first-order valence-corrected chi connectivity index (χ1v) is 5.58. The molecule has 0 aromatic heterocycles. The molecule has 1 heterocycles. The largest absolute Gasteiger partial charge is 0.380 e. The van der Waals surface area contributed by atoms with Crippen molar-refractivity contribution in [2.45, 2.75) is 31.9 Å². The molecule has 2 heteroatoms. The molecule has 1 aromatic rings. The second kappa shape index (κ2) is 4.33. The van der Waals surface area contributed by atoms with E-state index in [1.165, 1.54) is 24.0 Å². The Bertz CT molecular complexity index is 329. The van der Waals surface area contributed by atoms with Crippen molar-refractivity contribution >= 4 is 0 Å². The molecule has 1 aliphatic rings. The normalized spacial score (nSPS) is 25.7. The van der Waals surface area contributed by atoms with Gasteiger partial charge in [-0.1, -0.05) is 24.3 Å². The molecular formula is C13H19NO. The summed E-state index contributed by atoms with van der Waals surface area (Å²) in [6.07, 6.45) is 2.48. The maximum Gasteiger partial charge on any atom is 0.0716 e. The summed E-state index contributed by atoms with van der Waals surface area (Å²) < 4.78 is 5.25. The van der Waals surface area contributed by atoms with E-state index in [1.54, 1.807) is 7.11 Å². The van der Waals surface area contributed by atoms with Crippen molar-refractivity contribution in [3.05, 3.63) is 35.4 Å². The van der Waals surface area contributed by atoms with Crippen molar-refractivity contribution in [1.29, 1.82) is 0 Å². The monoisotopic (exact) mass is 205 g/mol. The van der Waals surface area contributed by atoms with Gasteiger partial charge in [0.25, 0.3) is 0 Å². The fourth-order valence-electron chi connectivity index (χ4n) is 2.46. The van der Waals surface area contributed by atoms with Gasteiger partial charge in [-0.2, -0.15) is 0 Å². The van der Waals surface area contributed by atoms with Gasteiger partial charge in [-0.25, -0.2) is 0 Å². The van der Waals surface area contributed by atoms with Crippen LogP contribution < -0.4 is 5.32 Å². The predicted molar refractivity (Wildman–Crippen MR) is 61.7 cm³/mol. The van der Waals surface area contributed by atoms with E-state index in [4.69, 9.17) is 4.74 Å². The first kappa shape index (κ1) is 10.7. The molecule has 0 bridgehead atoms. The smallest absolute Gasteiger partial charge is 0.0716 e. The summed E-state index contributed by atoms with van der Waals surface area (Å²) in [5.74, 6) is 0. The van der Waals surface area contributed by atoms with E-state index in [1.807, 2.05) is 0 Å². The highest BCUT2D eigenvalue weighted by Crippen LogP contribution is 2.32. The highest BCUT2D eigenvalue weighted by molar-refractivity contribution is 5.33. The van der Waals surface area contributed by atoms with E-state index < -0.39 is 0 Å². The fraction of sp³-hybridized carbons (Fsp3) is 0.538. The fourth-order valence-corrected chi connectivity index (χ4v) is 2.46. The second-order valence-corrected chi connectivity index (χ2v) is 4.45. The summed E-state index contributed by atoms with van der Waals surface area (Å²) in [7, 11) is 1.75. The lowest BCUT2D eigenvalue weighted by molar-refractivity contribution is 0.182. The Balaban J connectivity index is 2.33. The van der Waals surface area contributed by atoms with Crippen LogP contribution in [0.1, 0.15) is 30.9 Å². The molecule has 1 fully saturated rings. The van der Waals surface area contributed by atoms with Gasteiger partial charge in [0.2, 0.25) is 0 Å². The van der Waals surface area contributed by atoms with Crippen molar-refractivity contribution < 1.29 is 4.74 Å². The number of benzene rings is 1. The topological polar surface area (TPSA) is 21.3 Å². The molecule has 1 atom stereocenters. The average molecular weight is 205 g/mol. The van der Waals surface area contributed by atoms with E-state index in [0.29, 0.717) is 6.61 Å². The molecule has 82 valence electrons. The van der Waals surface area contributed by atoms with Gasteiger partial charge in [0.1, 0.15) is 0 Å². The number of hydrogen-bond donors (Lipinski definition) is 1. The Labute approximate surface area is 91.6 Å². The molecular weight excluding hydrogens is 186 g/mol. The zero-order valence-electron chi connectivity index (χ0n) is 9.55. The summed E-state index contributed by atoms with van der Waals surface area (Å²) in [6.45, 7) is 4.11. The number of rotatable bonds is 3. The summed E-state index contributed by atoms with van der Waals surface area (Å²) in [5.41, 5.74) is 2.84. The lowest BCUT2D eigenvalue weighted by Crippen LogP contribution is -2.34. The summed E-state index contributed by atoms with van der Waals surface area (Å²) in [5, 5.41) is 3.59. The van der Waals surface area contributed by atoms with Crippen LogP contribution in [0.2, 0.25) is 0 Å². The van der Waals surface area contributed by atoms with Crippen LogP contribution in [0.25, 0.3) is 0 Å². The van der Waals surface area contributed by atoms with E-state index in [2.05, 4.69) is 36.5 Å². The molecule has 15 heavy (non-hydrogen) atoms. The molecule has 1 unspecified atom stereocenters. The molecule has 0 spiro atoms. The van der Waals surface area contributed by atoms with Gasteiger partial charge in [-0.15, -0.1) is 0 Å². The Morgan fingerprint density at radius 3 is 2.87 bits per heavy atom. The second-order valence-electron chi connectivity index (χ2n) is 4.45. The van der Waals surface area contributed by atoms with Gasteiger partial charge in [0, 0.05) is 12.6 Å². The minimum atomic E-state index is 0.148. The van der Waals surface area contributed by atoms with E-state index in [9.17, 15) is 0 Å². The van der Waals surface area contributed by atoms with Crippen LogP contribution in [0.15, 0.2) is 24.3 Å². The minimum absolute atomic E-state index is 0.148. The molecule has 0 saturated carbocycles. The van der Waals surface area contributed by atoms with Crippen LogP contribution in [-0.2, 0) is 16.9 Å². The van der Waals surface area contributed by atoms with E-state index in [0.717, 1.165) is 6.54 Å². The van der Waals surface area contributed by atoms with Crippen LogP contribution in [-0.4, -0.2) is 13.7 Å². The molecule has 2 rings (SSSR count). The maximum absolute atomic E-state index is 5.25. The average Bonchev–Trinajstić information content (AvgIpc) is 2.68. The van der Waals surface area contributed by atoms with Crippen LogP contribution in [0, 0.1) is 0 Å². The number of methoxy groups -OCH3 is 1. The predicted octanol–water partition coefficient (Wildman–Crippen LogP) is 2.43. The number of nitrogens with one attached hydrogen (secondary N) is 1. The summed E-state index contributed by atoms with van der Waals surface area (Å²) >= 11 is 0. The molecule has 2 nitrogen and oxygen atoms in total. The van der Waals surface area contributed by atoms with Crippen LogP contribution in [0.4, 0.5) is 0 Å². The highest BCUT2D eigenvalue weighted by atomic mass is 16.5. The Kier molecular flexibility index (Phi) is 3.08. The van der Waals surface area contributed by atoms with Crippen molar-refractivity contribution in [2.75, 3.05) is 13.7 Å². The van der Waals surface area contributed by atoms with E-state index >= 15 is 0 Å². The van der Waals surface area contributed by atoms with Gasteiger partial charge in [-0.05, 0) is 37.4 Å². The summed E-state index contributed by atoms with van der Waals surface area (Å²) in [6, 6.07) is 8.56. The van der Waals surface area contributed by atoms with Gasteiger partial charge in [0.15, 0.2) is 0 Å². The SMILES string of the molecule is COCc1ccccc1C1(C)CCCN1. The van der Waals surface area contributed by atoms with Crippen molar-refractivity contribution in [3.8, 4) is 0 Å². The molecule has 1 saturated heterocycles. The van der Waals surface area contributed by atoms with Gasteiger partial charge in [0.05, 0.1) is 6.61 Å². The first-order valence-electron chi connectivity index (χ1n) is 5.58. The van der Waals surface area contributed by atoms with E-state index in [-0.39, 0.29) is 5.54 Å². The Hall–Kier alpha value is -0.860. The third-order valence-electron chi connectivity index (χ3n) is 3.28. The minimum Gasteiger partial charge on any atom is -0.380 e. The van der Waals surface area contributed by atoms with Crippen LogP contribution >= 0.6 is 0 Å². The number of ether oxygens (including phenoxy) is 1. The molecule has 1 aromatic carbocycles. The van der Waals surface area contributed by atoms with Crippen LogP contribution in [0.3, 0.4) is 0 Å². The lowest BCUT2D eigenvalue weighted by Gasteiger charge is -2.27. The molecule has 0 amide bonds. The highest BCUT2D eigenvalue weighted by Gasteiger charge is 2.31. The first-order chi connectivity index (χ1) is 7.26. The molecule has 0 aliphatic carbocycles.